The van der Waals surface area contributed by atoms with Crippen LogP contribution in [0.3, 0.4) is 0 Å². The molecule has 0 aromatic heterocycles. The average Bonchev–Trinajstić information content (AvgIpc) is 2.48. The van der Waals surface area contributed by atoms with Crippen molar-refractivity contribution in [2.75, 3.05) is 12.4 Å². The Kier molecular flexibility index (Phi) is 5.01. The third-order valence-electron chi connectivity index (χ3n) is 2.96. The molecule has 0 fully saturated rings. The van der Waals surface area contributed by atoms with Gasteiger partial charge in [0.15, 0.2) is 5.78 Å². The van der Waals surface area contributed by atoms with Gasteiger partial charge in [-0.05, 0) is 36.4 Å². The molecule has 0 spiro atoms. The van der Waals surface area contributed by atoms with Gasteiger partial charge in [0.25, 0.3) is 0 Å². The summed E-state index contributed by atoms with van der Waals surface area (Å²) in [6, 6.07) is 14.3. The number of nitrogens with one attached hydrogen (secondary N) is 1. The molecule has 0 radical (unpaired) electrons. The van der Waals surface area contributed by atoms with Crippen LogP contribution in [-0.4, -0.2) is 12.9 Å². The first-order valence-corrected chi connectivity index (χ1v) is 6.84. The number of carbonyl (C=O) groups excluding carboxylic acids is 1. The Hall–Kier alpha value is -2.26. The highest BCUT2D eigenvalue weighted by molar-refractivity contribution is 6.30. The Bertz CT molecular complexity index is 650. The topological polar surface area (TPSA) is 38.3 Å². The number of para-hydroxylation sites is 2. The molecule has 2 aromatic rings. The van der Waals surface area contributed by atoms with Crippen LogP contribution in [0.1, 0.15) is 16.8 Å². The fourth-order valence-corrected chi connectivity index (χ4v) is 2.04. The lowest BCUT2D eigenvalue weighted by Gasteiger charge is -2.12. The minimum atomic E-state index is -0.0148. The van der Waals surface area contributed by atoms with E-state index in [-0.39, 0.29) is 12.2 Å². The average molecular weight is 302 g/mol. The third kappa shape index (κ3) is 4.10. The molecule has 1 N–H and O–H groups in total. The number of carbonyl (C=O) groups is 1. The van der Waals surface area contributed by atoms with Crippen LogP contribution in [0, 0.1) is 0 Å². The summed E-state index contributed by atoms with van der Waals surface area (Å²) in [7, 11) is 1.60. The molecule has 2 rings (SSSR count). The van der Waals surface area contributed by atoms with Gasteiger partial charge in [0.1, 0.15) is 5.75 Å². The van der Waals surface area contributed by atoms with Gasteiger partial charge in [-0.1, -0.05) is 30.3 Å². The number of ketones is 1. The van der Waals surface area contributed by atoms with Crippen molar-refractivity contribution in [3.63, 3.8) is 0 Å². The highest BCUT2D eigenvalue weighted by atomic mass is 35.5. The molecule has 0 aliphatic rings. The summed E-state index contributed by atoms with van der Waals surface area (Å²) in [5, 5.41) is 3.72. The van der Waals surface area contributed by atoms with E-state index in [0.29, 0.717) is 22.0 Å². The summed E-state index contributed by atoms with van der Waals surface area (Å²) >= 11 is 5.81. The molecule has 0 aliphatic heterocycles. The molecule has 0 amide bonds. The van der Waals surface area contributed by atoms with Crippen LogP contribution in [0.25, 0.3) is 0 Å². The Balaban J connectivity index is 2.01. The van der Waals surface area contributed by atoms with Crippen molar-refractivity contribution in [1.29, 1.82) is 0 Å². The molecule has 21 heavy (non-hydrogen) atoms. The summed E-state index contributed by atoms with van der Waals surface area (Å²) in [5.74, 6) is 0.691. The highest BCUT2D eigenvalue weighted by Gasteiger charge is 2.09. The van der Waals surface area contributed by atoms with Crippen LogP contribution in [0.15, 0.2) is 60.8 Å². The van der Waals surface area contributed by atoms with E-state index in [9.17, 15) is 4.79 Å². The van der Waals surface area contributed by atoms with E-state index >= 15 is 0 Å². The molecule has 0 saturated carbocycles. The normalized spacial score (nSPS) is 10.0. The summed E-state index contributed by atoms with van der Waals surface area (Å²) < 4.78 is 5.25. The molecule has 0 saturated heterocycles. The van der Waals surface area contributed by atoms with Crippen LogP contribution in [-0.2, 0) is 0 Å². The van der Waals surface area contributed by atoms with Crippen molar-refractivity contribution in [2.24, 2.45) is 0 Å². The Morgan fingerprint density at radius 2 is 1.86 bits per heavy atom. The fraction of sp³-hybridized carbons (Fsp3) is 0.118. The van der Waals surface area contributed by atoms with Gasteiger partial charge in [0, 0.05) is 16.3 Å². The predicted molar refractivity (Wildman–Crippen MR) is 86.2 cm³/mol. The smallest absolute Gasteiger partial charge is 0.168 e. The van der Waals surface area contributed by atoms with Gasteiger partial charge in [-0.2, -0.15) is 0 Å². The van der Waals surface area contributed by atoms with E-state index in [2.05, 4.69) is 11.9 Å². The molecule has 0 bridgehead atoms. The lowest BCUT2D eigenvalue weighted by atomic mass is 10.1. The van der Waals surface area contributed by atoms with Gasteiger partial charge in [0.05, 0.1) is 19.2 Å². The first-order valence-electron chi connectivity index (χ1n) is 6.46. The molecule has 0 atom stereocenters. The summed E-state index contributed by atoms with van der Waals surface area (Å²) in [5.41, 5.74) is 2.01. The molecular weight excluding hydrogens is 286 g/mol. The Morgan fingerprint density at radius 1 is 1.19 bits per heavy atom. The SMILES string of the molecule is C=C(CC(=O)c1ccc(Cl)cc1)Nc1ccccc1OC. The summed E-state index contributed by atoms with van der Waals surface area (Å²) in [6.07, 6.45) is 0.208. The van der Waals surface area contributed by atoms with Crippen molar-refractivity contribution in [2.45, 2.75) is 6.42 Å². The van der Waals surface area contributed by atoms with E-state index in [1.165, 1.54) is 0 Å². The maximum atomic E-state index is 12.1. The van der Waals surface area contributed by atoms with Crippen LogP contribution >= 0.6 is 11.6 Å². The number of hydrogen-bond acceptors (Lipinski definition) is 3. The first-order chi connectivity index (χ1) is 10.1. The second kappa shape index (κ2) is 6.95. The summed E-state index contributed by atoms with van der Waals surface area (Å²) in [4.78, 5) is 12.1. The minimum absolute atomic E-state index is 0.0148. The zero-order valence-electron chi connectivity index (χ0n) is 11.7. The van der Waals surface area contributed by atoms with E-state index < -0.39 is 0 Å². The quantitative estimate of drug-likeness (QED) is 0.796. The van der Waals surface area contributed by atoms with Crippen molar-refractivity contribution in [3.8, 4) is 5.75 Å². The van der Waals surface area contributed by atoms with E-state index in [0.717, 1.165) is 5.69 Å². The van der Waals surface area contributed by atoms with E-state index in [1.54, 1.807) is 31.4 Å². The Labute approximate surface area is 129 Å². The number of Topliss-reactive ketones (excluding diaryl/α,β-unsaturated/α-hetero) is 1. The molecule has 3 nitrogen and oxygen atoms in total. The van der Waals surface area contributed by atoms with Gasteiger partial charge >= 0.3 is 0 Å². The lowest BCUT2D eigenvalue weighted by Crippen LogP contribution is -2.07. The van der Waals surface area contributed by atoms with Gasteiger partial charge in [-0.25, -0.2) is 0 Å². The van der Waals surface area contributed by atoms with Gasteiger partial charge in [-0.3, -0.25) is 4.79 Å². The zero-order chi connectivity index (χ0) is 15.2. The second-order valence-electron chi connectivity index (χ2n) is 4.54. The fourth-order valence-electron chi connectivity index (χ4n) is 1.91. The molecule has 4 heteroatoms. The Morgan fingerprint density at radius 3 is 2.52 bits per heavy atom. The van der Waals surface area contributed by atoms with Crippen LogP contribution in [0.4, 0.5) is 5.69 Å². The minimum Gasteiger partial charge on any atom is -0.495 e. The monoisotopic (exact) mass is 301 g/mol. The zero-order valence-corrected chi connectivity index (χ0v) is 12.5. The number of halogens is 1. The van der Waals surface area contributed by atoms with E-state index in [4.69, 9.17) is 16.3 Å². The van der Waals surface area contributed by atoms with Crippen LogP contribution in [0.5, 0.6) is 5.75 Å². The van der Waals surface area contributed by atoms with Crippen molar-refractivity contribution < 1.29 is 9.53 Å². The number of rotatable bonds is 6. The standard InChI is InChI=1S/C17H16ClNO2/c1-12(19-15-5-3-4-6-17(15)21-2)11-16(20)13-7-9-14(18)10-8-13/h3-10,19H,1,11H2,2H3. The van der Waals surface area contributed by atoms with Gasteiger partial charge in [0.2, 0.25) is 0 Å². The highest BCUT2D eigenvalue weighted by Crippen LogP contribution is 2.25. The number of hydrogen-bond donors (Lipinski definition) is 1. The first kappa shape index (κ1) is 15.1. The second-order valence-corrected chi connectivity index (χ2v) is 4.97. The molecule has 108 valence electrons. The van der Waals surface area contributed by atoms with Gasteiger partial charge < -0.3 is 10.1 Å². The van der Waals surface area contributed by atoms with Gasteiger partial charge in [-0.15, -0.1) is 0 Å². The third-order valence-corrected chi connectivity index (χ3v) is 3.21. The van der Waals surface area contributed by atoms with Crippen molar-refractivity contribution in [3.05, 3.63) is 71.4 Å². The largest absolute Gasteiger partial charge is 0.495 e. The van der Waals surface area contributed by atoms with Crippen molar-refractivity contribution in [1.82, 2.24) is 0 Å². The molecule has 0 heterocycles. The van der Waals surface area contributed by atoms with Crippen LogP contribution < -0.4 is 10.1 Å². The molecular formula is C17H16ClNO2. The number of methoxy groups -OCH3 is 1. The van der Waals surface area contributed by atoms with E-state index in [1.807, 2.05) is 24.3 Å². The number of anilines is 1. The predicted octanol–water partition coefficient (Wildman–Crippen LogP) is 4.55. The number of allylic oxidation sites excluding steroid dienone is 1. The van der Waals surface area contributed by atoms with Crippen LogP contribution in [0.2, 0.25) is 5.02 Å². The number of benzene rings is 2. The maximum absolute atomic E-state index is 12.1. The molecule has 2 aromatic carbocycles. The number of ether oxygens (including phenoxy) is 1. The van der Waals surface area contributed by atoms with Crippen molar-refractivity contribution >= 4 is 23.1 Å². The summed E-state index contributed by atoms with van der Waals surface area (Å²) in [6.45, 7) is 3.89. The lowest BCUT2D eigenvalue weighted by molar-refractivity contribution is 0.0993. The molecule has 0 unspecified atom stereocenters. The maximum Gasteiger partial charge on any atom is 0.168 e. The molecule has 0 aliphatic carbocycles.